The van der Waals surface area contributed by atoms with Gasteiger partial charge in [0.1, 0.15) is 12.4 Å². The van der Waals surface area contributed by atoms with Gasteiger partial charge in [0.2, 0.25) is 0 Å². The first kappa shape index (κ1) is 14.2. The summed E-state index contributed by atoms with van der Waals surface area (Å²) >= 11 is 0. The third-order valence-electron chi connectivity index (χ3n) is 3.27. The summed E-state index contributed by atoms with van der Waals surface area (Å²) in [6.07, 6.45) is 1.75. The zero-order valence-corrected chi connectivity index (χ0v) is 12.1. The number of benzene rings is 2. The highest BCUT2D eigenvalue weighted by molar-refractivity contribution is 5.48. The molecule has 0 bridgehead atoms. The number of hydrogen-bond acceptors (Lipinski definition) is 2. The van der Waals surface area contributed by atoms with Gasteiger partial charge in [0.15, 0.2) is 0 Å². The quantitative estimate of drug-likeness (QED) is 0.779. The van der Waals surface area contributed by atoms with Gasteiger partial charge in [-0.1, -0.05) is 30.9 Å². The Morgan fingerprint density at radius 1 is 1.10 bits per heavy atom. The summed E-state index contributed by atoms with van der Waals surface area (Å²) in [5.41, 5.74) is 4.96. The van der Waals surface area contributed by atoms with Crippen LogP contribution in [0.3, 0.4) is 0 Å². The average molecular weight is 267 g/mol. The van der Waals surface area contributed by atoms with Gasteiger partial charge in [-0.25, -0.2) is 0 Å². The van der Waals surface area contributed by atoms with Crippen molar-refractivity contribution in [3.05, 3.63) is 71.8 Å². The fraction of sp³-hybridized carbons (Fsp3) is 0.222. The van der Waals surface area contributed by atoms with Crippen LogP contribution in [0.15, 0.2) is 55.1 Å². The largest absolute Gasteiger partial charge is 0.490 e. The van der Waals surface area contributed by atoms with Gasteiger partial charge in [0, 0.05) is 12.2 Å². The van der Waals surface area contributed by atoms with Crippen molar-refractivity contribution in [2.45, 2.75) is 20.4 Å². The van der Waals surface area contributed by atoms with E-state index in [9.17, 15) is 0 Å². The Kier molecular flexibility index (Phi) is 4.83. The number of rotatable bonds is 6. The Morgan fingerprint density at radius 3 is 2.70 bits per heavy atom. The van der Waals surface area contributed by atoms with Crippen LogP contribution >= 0.6 is 0 Å². The van der Waals surface area contributed by atoms with E-state index in [1.165, 1.54) is 16.7 Å². The third kappa shape index (κ3) is 3.89. The lowest BCUT2D eigenvalue weighted by molar-refractivity contribution is 0.363. The molecule has 0 spiro atoms. The Labute approximate surface area is 121 Å². The van der Waals surface area contributed by atoms with Crippen LogP contribution < -0.4 is 10.1 Å². The lowest BCUT2D eigenvalue weighted by Gasteiger charge is -2.10. The summed E-state index contributed by atoms with van der Waals surface area (Å²) in [5.74, 6) is 0.879. The minimum Gasteiger partial charge on any atom is -0.490 e. The van der Waals surface area contributed by atoms with Crippen LogP contribution in [-0.2, 0) is 6.54 Å². The summed E-state index contributed by atoms with van der Waals surface area (Å²) in [5, 5.41) is 3.44. The molecule has 0 aromatic heterocycles. The maximum atomic E-state index is 5.54. The summed E-state index contributed by atoms with van der Waals surface area (Å²) in [7, 11) is 0. The van der Waals surface area contributed by atoms with Crippen LogP contribution in [0.4, 0.5) is 5.69 Å². The van der Waals surface area contributed by atoms with E-state index in [2.05, 4.69) is 56.1 Å². The van der Waals surface area contributed by atoms with Crippen molar-refractivity contribution in [2.75, 3.05) is 11.9 Å². The van der Waals surface area contributed by atoms with Crippen molar-refractivity contribution in [1.82, 2.24) is 0 Å². The van der Waals surface area contributed by atoms with E-state index in [-0.39, 0.29) is 0 Å². The standard InChI is InChI=1S/C18H21NO/c1-4-10-20-18-7-5-6-16(12-18)13-19-17-9-8-14(2)15(3)11-17/h4-9,11-12,19H,1,10,13H2,2-3H3. The van der Waals surface area contributed by atoms with Crippen molar-refractivity contribution in [2.24, 2.45) is 0 Å². The molecule has 0 saturated carbocycles. The Bertz CT molecular complexity index is 590. The van der Waals surface area contributed by atoms with Gasteiger partial charge in [-0.2, -0.15) is 0 Å². The molecule has 0 heterocycles. The average Bonchev–Trinajstić information content (AvgIpc) is 2.47. The van der Waals surface area contributed by atoms with Crippen LogP contribution in [0.25, 0.3) is 0 Å². The van der Waals surface area contributed by atoms with Crippen molar-refractivity contribution in [1.29, 1.82) is 0 Å². The molecule has 1 N–H and O–H groups in total. The molecule has 2 nitrogen and oxygen atoms in total. The first-order chi connectivity index (χ1) is 9.69. The maximum Gasteiger partial charge on any atom is 0.120 e. The number of nitrogens with one attached hydrogen (secondary N) is 1. The molecule has 0 aliphatic rings. The normalized spacial score (nSPS) is 10.1. The van der Waals surface area contributed by atoms with Crippen LogP contribution in [0.2, 0.25) is 0 Å². The van der Waals surface area contributed by atoms with E-state index in [4.69, 9.17) is 4.74 Å². The monoisotopic (exact) mass is 267 g/mol. The van der Waals surface area contributed by atoms with E-state index in [0.29, 0.717) is 6.61 Å². The zero-order chi connectivity index (χ0) is 14.4. The summed E-state index contributed by atoms with van der Waals surface area (Å²) in [4.78, 5) is 0. The molecule has 0 amide bonds. The fourth-order valence-corrected chi connectivity index (χ4v) is 1.96. The topological polar surface area (TPSA) is 21.3 Å². The molecule has 2 rings (SSSR count). The molecule has 0 aliphatic heterocycles. The van der Waals surface area contributed by atoms with E-state index >= 15 is 0 Å². The molecule has 2 aromatic carbocycles. The van der Waals surface area contributed by atoms with Gasteiger partial charge in [-0.05, 0) is 54.8 Å². The first-order valence-corrected chi connectivity index (χ1v) is 6.83. The lowest BCUT2D eigenvalue weighted by atomic mass is 10.1. The molecule has 2 heteroatoms. The molecular formula is C18H21NO. The molecule has 0 unspecified atom stereocenters. The number of hydrogen-bond donors (Lipinski definition) is 1. The Hall–Kier alpha value is -2.22. The van der Waals surface area contributed by atoms with Crippen molar-refractivity contribution >= 4 is 5.69 Å². The Balaban J connectivity index is 1.99. The second-order valence-electron chi connectivity index (χ2n) is 4.90. The fourth-order valence-electron chi connectivity index (χ4n) is 1.96. The van der Waals surface area contributed by atoms with Crippen molar-refractivity contribution < 1.29 is 4.74 Å². The minimum absolute atomic E-state index is 0.536. The van der Waals surface area contributed by atoms with Crippen LogP contribution in [0.1, 0.15) is 16.7 Å². The van der Waals surface area contributed by atoms with E-state index < -0.39 is 0 Å². The summed E-state index contributed by atoms with van der Waals surface area (Å²) < 4.78 is 5.54. The smallest absolute Gasteiger partial charge is 0.120 e. The van der Waals surface area contributed by atoms with E-state index in [1.807, 2.05) is 12.1 Å². The third-order valence-corrected chi connectivity index (χ3v) is 3.27. The zero-order valence-electron chi connectivity index (χ0n) is 12.1. The molecule has 0 aliphatic carbocycles. The lowest BCUT2D eigenvalue weighted by Crippen LogP contribution is -2.01. The van der Waals surface area contributed by atoms with Gasteiger partial charge in [0.05, 0.1) is 0 Å². The van der Waals surface area contributed by atoms with Gasteiger partial charge in [0.25, 0.3) is 0 Å². The minimum atomic E-state index is 0.536. The molecule has 104 valence electrons. The number of anilines is 1. The second kappa shape index (κ2) is 6.80. The van der Waals surface area contributed by atoms with Crippen LogP contribution in [-0.4, -0.2) is 6.61 Å². The molecular weight excluding hydrogens is 246 g/mol. The Morgan fingerprint density at radius 2 is 1.95 bits per heavy atom. The molecule has 0 saturated heterocycles. The van der Waals surface area contributed by atoms with Gasteiger partial charge < -0.3 is 10.1 Å². The van der Waals surface area contributed by atoms with E-state index in [0.717, 1.165) is 18.0 Å². The van der Waals surface area contributed by atoms with Crippen LogP contribution in [0.5, 0.6) is 5.75 Å². The SMILES string of the molecule is C=CCOc1cccc(CNc2ccc(C)c(C)c2)c1. The van der Waals surface area contributed by atoms with Gasteiger partial charge in [-0.3, -0.25) is 0 Å². The number of ether oxygens (including phenoxy) is 1. The summed E-state index contributed by atoms with van der Waals surface area (Å²) in [6, 6.07) is 14.5. The molecule has 20 heavy (non-hydrogen) atoms. The number of aryl methyl sites for hydroxylation is 2. The highest BCUT2D eigenvalue weighted by Gasteiger charge is 1.99. The van der Waals surface area contributed by atoms with Crippen molar-refractivity contribution in [3.8, 4) is 5.75 Å². The molecule has 0 radical (unpaired) electrons. The van der Waals surface area contributed by atoms with Crippen molar-refractivity contribution in [3.63, 3.8) is 0 Å². The van der Waals surface area contributed by atoms with Gasteiger partial charge >= 0.3 is 0 Å². The second-order valence-corrected chi connectivity index (χ2v) is 4.90. The first-order valence-electron chi connectivity index (χ1n) is 6.83. The molecule has 0 atom stereocenters. The summed E-state index contributed by atoms with van der Waals surface area (Å²) in [6.45, 7) is 9.23. The predicted octanol–water partition coefficient (Wildman–Crippen LogP) is 4.48. The highest BCUT2D eigenvalue weighted by Crippen LogP contribution is 2.17. The highest BCUT2D eigenvalue weighted by atomic mass is 16.5. The maximum absolute atomic E-state index is 5.54. The molecule has 0 fully saturated rings. The predicted molar refractivity (Wildman–Crippen MR) is 85.4 cm³/mol. The van der Waals surface area contributed by atoms with E-state index in [1.54, 1.807) is 6.08 Å². The molecule has 2 aromatic rings. The van der Waals surface area contributed by atoms with Crippen LogP contribution in [0, 0.1) is 13.8 Å². The van der Waals surface area contributed by atoms with Gasteiger partial charge in [-0.15, -0.1) is 0 Å².